The number of halogens is 2. The number of nitro benzene ring substituents is 1. The van der Waals surface area contributed by atoms with Gasteiger partial charge in [0.05, 0.1) is 27.6 Å². The van der Waals surface area contributed by atoms with Crippen molar-refractivity contribution < 1.29 is 18.1 Å². The second-order valence-electron chi connectivity index (χ2n) is 6.08. The average Bonchev–Trinajstić information content (AvgIpc) is 2.58. The number of nitro groups is 1. The van der Waals surface area contributed by atoms with E-state index in [4.69, 9.17) is 23.2 Å². The van der Waals surface area contributed by atoms with Crippen LogP contribution in [0.5, 0.6) is 0 Å². The zero-order valence-corrected chi connectivity index (χ0v) is 17.5. The zero-order valence-electron chi connectivity index (χ0n) is 15.1. The van der Waals surface area contributed by atoms with E-state index in [1.54, 1.807) is 19.1 Å². The third-order valence-electron chi connectivity index (χ3n) is 3.92. The third-order valence-corrected chi connectivity index (χ3v) is 5.71. The molecule has 2 aromatic carbocycles. The van der Waals surface area contributed by atoms with Crippen LogP contribution in [0.1, 0.15) is 12.5 Å². The number of rotatable bonds is 6. The van der Waals surface area contributed by atoms with Gasteiger partial charge < -0.3 is 5.32 Å². The van der Waals surface area contributed by atoms with Crippen LogP contribution >= 0.6 is 23.2 Å². The second kappa shape index (κ2) is 8.34. The summed E-state index contributed by atoms with van der Waals surface area (Å²) in [5.74, 6) is -0.716. The molecule has 0 radical (unpaired) electrons. The van der Waals surface area contributed by atoms with Gasteiger partial charge in [0, 0.05) is 17.2 Å². The Morgan fingerprint density at radius 3 is 2.43 bits per heavy atom. The number of carbonyl (C=O) groups excluding carboxylic acids is 1. The van der Waals surface area contributed by atoms with Gasteiger partial charge in [-0.1, -0.05) is 29.3 Å². The van der Waals surface area contributed by atoms with Gasteiger partial charge in [-0.25, -0.2) is 8.42 Å². The Labute approximate surface area is 172 Å². The highest BCUT2D eigenvalue weighted by Gasteiger charge is 2.31. The van der Waals surface area contributed by atoms with Crippen molar-refractivity contribution in [2.45, 2.75) is 19.9 Å². The molecular weight excluding hydrogens is 429 g/mol. The van der Waals surface area contributed by atoms with Crippen LogP contribution in [-0.2, 0) is 14.8 Å². The fraction of sp³-hybridized carbons (Fsp3) is 0.235. The number of non-ortho nitro benzene ring substituents is 1. The zero-order chi connectivity index (χ0) is 21.2. The molecule has 8 nitrogen and oxygen atoms in total. The van der Waals surface area contributed by atoms with E-state index in [-0.39, 0.29) is 22.1 Å². The van der Waals surface area contributed by atoms with E-state index >= 15 is 0 Å². The van der Waals surface area contributed by atoms with Crippen LogP contribution < -0.4 is 9.62 Å². The summed E-state index contributed by atoms with van der Waals surface area (Å²) in [5.41, 5.74) is 0.590. The first-order valence-corrected chi connectivity index (χ1v) is 10.5. The molecule has 1 amide bonds. The number of benzene rings is 2. The first kappa shape index (κ1) is 21.9. The van der Waals surface area contributed by atoms with Crippen molar-refractivity contribution in [1.29, 1.82) is 0 Å². The normalized spacial score (nSPS) is 12.3. The number of sulfonamides is 1. The maximum atomic E-state index is 12.7. The Bertz CT molecular complexity index is 1040. The first-order valence-electron chi connectivity index (χ1n) is 7.92. The van der Waals surface area contributed by atoms with Crippen molar-refractivity contribution in [3.63, 3.8) is 0 Å². The van der Waals surface area contributed by atoms with Crippen LogP contribution in [0.4, 0.5) is 17.1 Å². The van der Waals surface area contributed by atoms with Crippen molar-refractivity contribution in [3.8, 4) is 0 Å². The highest BCUT2D eigenvalue weighted by Crippen LogP contribution is 2.30. The molecule has 2 rings (SSSR count). The summed E-state index contributed by atoms with van der Waals surface area (Å²) in [6, 6.07) is 7.08. The number of aryl methyl sites for hydroxylation is 1. The summed E-state index contributed by atoms with van der Waals surface area (Å²) >= 11 is 12.0. The highest BCUT2D eigenvalue weighted by atomic mass is 35.5. The number of carbonyl (C=O) groups is 1. The smallest absolute Gasteiger partial charge is 0.271 e. The molecule has 0 aliphatic rings. The quantitative estimate of drug-likeness (QED) is 0.533. The van der Waals surface area contributed by atoms with E-state index in [1.807, 2.05) is 0 Å². The van der Waals surface area contributed by atoms with Gasteiger partial charge in [0.2, 0.25) is 15.9 Å². The van der Waals surface area contributed by atoms with E-state index in [9.17, 15) is 23.3 Å². The van der Waals surface area contributed by atoms with E-state index in [0.717, 1.165) is 16.6 Å². The van der Waals surface area contributed by atoms with Gasteiger partial charge in [0.25, 0.3) is 5.69 Å². The molecular formula is C17H17Cl2N3O5S. The summed E-state index contributed by atoms with van der Waals surface area (Å²) < 4.78 is 25.7. The molecule has 0 heterocycles. The average molecular weight is 446 g/mol. The van der Waals surface area contributed by atoms with E-state index in [1.165, 1.54) is 25.1 Å². The maximum absolute atomic E-state index is 12.7. The standard InChI is InChI=1S/C17H17Cl2N3O5S/c1-10-4-5-12(18)8-16(10)21(28(3,26)27)11(2)17(23)20-15-9-13(22(24)25)6-7-14(15)19/h4-9,11H,1-3H3,(H,20,23). The lowest BCUT2D eigenvalue weighted by Gasteiger charge is -2.29. The molecule has 0 aliphatic heterocycles. The van der Waals surface area contributed by atoms with Gasteiger partial charge in [0.1, 0.15) is 6.04 Å². The Morgan fingerprint density at radius 2 is 1.86 bits per heavy atom. The van der Waals surface area contributed by atoms with Crippen LogP contribution in [0.3, 0.4) is 0 Å². The SMILES string of the molecule is Cc1ccc(Cl)cc1N(C(C)C(=O)Nc1cc([N+](=O)[O-])ccc1Cl)S(C)(=O)=O. The van der Waals surface area contributed by atoms with Crippen molar-refractivity contribution in [1.82, 2.24) is 0 Å². The second-order valence-corrected chi connectivity index (χ2v) is 8.78. The summed E-state index contributed by atoms with van der Waals surface area (Å²) in [4.78, 5) is 23.0. The Kier molecular flexibility index (Phi) is 6.53. The Hall–Kier alpha value is -2.36. The maximum Gasteiger partial charge on any atom is 0.271 e. The molecule has 0 aromatic heterocycles. The van der Waals surface area contributed by atoms with Crippen LogP contribution in [0.2, 0.25) is 10.0 Å². The highest BCUT2D eigenvalue weighted by molar-refractivity contribution is 7.92. The van der Waals surface area contributed by atoms with Crippen molar-refractivity contribution >= 4 is 56.2 Å². The molecule has 1 unspecified atom stereocenters. The topological polar surface area (TPSA) is 110 Å². The first-order chi connectivity index (χ1) is 12.9. The molecule has 0 saturated heterocycles. The molecule has 1 atom stereocenters. The minimum atomic E-state index is -3.85. The third kappa shape index (κ3) is 4.92. The molecule has 0 saturated carbocycles. The number of amides is 1. The molecule has 0 fully saturated rings. The minimum Gasteiger partial charge on any atom is -0.323 e. The van der Waals surface area contributed by atoms with Crippen LogP contribution in [0.15, 0.2) is 36.4 Å². The van der Waals surface area contributed by atoms with Crippen LogP contribution in [-0.4, -0.2) is 31.5 Å². The molecule has 0 bridgehead atoms. The predicted octanol–water partition coefficient (Wildman–Crippen LogP) is 4.00. The summed E-state index contributed by atoms with van der Waals surface area (Å²) in [6.07, 6.45) is 0.970. The Balaban J connectivity index is 2.42. The van der Waals surface area contributed by atoms with Gasteiger partial charge in [-0.2, -0.15) is 0 Å². The monoisotopic (exact) mass is 445 g/mol. The molecule has 150 valence electrons. The molecule has 0 aliphatic carbocycles. The van der Waals surface area contributed by atoms with E-state index < -0.39 is 26.9 Å². The molecule has 2 aromatic rings. The number of nitrogens with zero attached hydrogens (tertiary/aromatic N) is 2. The van der Waals surface area contributed by atoms with Crippen LogP contribution in [0, 0.1) is 17.0 Å². The van der Waals surface area contributed by atoms with Crippen molar-refractivity contribution in [2.24, 2.45) is 0 Å². The largest absolute Gasteiger partial charge is 0.323 e. The molecule has 0 spiro atoms. The summed E-state index contributed by atoms with van der Waals surface area (Å²) in [7, 11) is -3.85. The number of hydrogen-bond acceptors (Lipinski definition) is 5. The van der Waals surface area contributed by atoms with Crippen molar-refractivity contribution in [3.05, 3.63) is 62.1 Å². The lowest BCUT2D eigenvalue weighted by molar-refractivity contribution is -0.384. The van der Waals surface area contributed by atoms with Gasteiger partial charge in [0.15, 0.2) is 0 Å². The Morgan fingerprint density at radius 1 is 1.21 bits per heavy atom. The van der Waals surface area contributed by atoms with Gasteiger partial charge in [-0.3, -0.25) is 19.2 Å². The summed E-state index contributed by atoms with van der Waals surface area (Å²) in [6.45, 7) is 3.08. The number of nitrogens with one attached hydrogen (secondary N) is 1. The molecule has 11 heteroatoms. The van der Waals surface area contributed by atoms with Gasteiger partial charge in [-0.05, 0) is 37.6 Å². The number of hydrogen-bond donors (Lipinski definition) is 1. The van der Waals surface area contributed by atoms with Gasteiger partial charge in [-0.15, -0.1) is 0 Å². The van der Waals surface area contributed by atoms with E-state index in [0.29, 0.717) is 10.6 Å². The summed E-state index contributed by atoms with van der Waals surface area (Å²) in [5, 5.41) is 13.8. The van der Waals surface area contributed by atoms with Gasteiger partial charge >= 0.3 is 0 Å². The fourth-order valence-electron chi connectivity index (χ4n) is 2.56. The predicted molar refractivity (Wildman–Crippen MR) is 110 cm³/mol. The van der Waals surface area contributed by atoms with Crippen molar-refractivity contribution in [2.75, 3.05) is 15.9 Å². The lowest BCUT2D eigenvalue weighted by Crippen LogP contribution is -2.45. The van der Waals surface area contributed by atoms with E-state index in [2.05, 4.69) is 5.32 Å². The van der Waals surface area contributed by atoms with Crippen LogP contribution in [0.25, 0.3) is 0 Å². The minimum absolute atomic E-state index is 0.00369. The number of anilines is 2. The molecule has 1 N–H and O–H groups in total. The fourth-order valence-corrected chi connectivity index (χ4v) is 4.12. The molecule has 28 heavy (non-hydrogen) atoms. The lowest BCUT2D eigenvalue weighted by atomic mass is 10.1.